The molecule has 0 fully saturated rings. The van der Waals surface area contributed by atoms with Crippen molar-refractivity contribution in [2.75, 3.05) is 0 Å². The molecule has 0 aliphatic rings. The van der Waals surface area contributed by atoms with Gasteiger partial charge in [-0.05, 0) is 72.3 Å². The van der Waals surface area contributed by atoms with Crippen LogP contribution in [0.25, 0.3) is 85.9 Å². The number of rotatable bonds is 3. The predicted molar refractivity (Wildman–Crippen MR) is 188 cm³/mol. The fraction of sp³-hybridized carbons (Fsp3) is 0. The molecule has 8 aromatic carbocycles. The first-order valence-electron chi connectivity index (χ1n) is 14.8. The Bertz CT molecular complexity index is 2420. The van der Waals surface area contributed by atoms with Crippen LogP contribution in [0, 0.1) is 0 Å². The van der Waals surface area contributed by atoms with E-state index < -0.39 is 0 Å². The van der Waals surface area contributed by atoms with E-state index in [0.717, 1.165) is 0 Å². The SMILES string of the molecule is c1ccc(-c2c3ccccc3c(-c3ccc(-c4c5ccccc5cc5c4sc4ccccc45)cc3)c3ccccc23)cc1. The summed E-state index contributed by atoms with van der Waals surface area (Å²) >= 11 is 1.90. The molecule has 9 rings (SSSR count). The Morgan fingerprint density at radius 2 is 0.744 bits per heavy atom. The Kier molecular flexibility index (Phi) is 5.47. The molecule has 0 saturated carbocycles. The van der Waals surface area contributed by atoms with Gasteiger partial charge in [-0.15, -0.1) is 11.3 Å². The maximum absolute atomic E-state index is 2.37. The molecule has 200 valence electrons. The van der Waals surface area contributed by atoms with Gasteiger partial charge in [-0.1, -0.05) is 146 Å². The van der Waals surface area contributed by atoms with E-state index in [1.54, 1.807) is 0 Å². The van der Waals surface area contributed by atoms with E-state index in [2.05, 4.69) is 158 Å². The topological polar surface area (TPSA) is 0 Å². The zero-order valence-electron chi connectivity index (χ0n) is 23.4. The number of thiophene rings is 1. The van der Waals surface area contributed by atoms with E-state index in [4.69, 9.17) is 0 Å². The molecule has 0 saturated heterocycles. The summed E-state index contributed by atoms with van der Waals surface area (Å²) in [5.41, 5.74) is 7.67. The normalized spacial score (nSPS) is 11.7. The first kappa shape index (κ1) is 24.4. The van der Waals surface area contributed by atoms with E-state index in [1.165, 1.54) is 85.9 Å². The summed E-state index contributed by atoms with van der Waals surface area (Å²) in [7, 11) is 0. The smallest absolute Gasteiger partial charge is 0.0440 e. The molecule has 43 heavy (non-hydrogen) atoms. The van der Waals surface area contributed by atoms with Crippen LogP contribution in [0.3, 0.4) is 0 Å². The minimum atomic E-state index is 1.24. The highest BCUT2D eigenvalue weighted by Gasteiger charge is 2.18. The van der Waals surface area contributed by atoms with Crippen LogP contribution in [0.2, 0.25) is 0 Å². The van der Waals surface area contributed by atoms with Crippen LogP contribution < -0.4 is 0 Å². The molecule has 1 heteroatoms. The second-order valence-corrected chi connectivity index (χ2v) is 12.3. The van der Waals surface area contributed by atoms with Crippen LogP contribution in [0.4, 0.5) is 0 Å². The number of hydrogen-bond donors (Lipinski definition) is 0. The van der Waals surface area contributed by atoms with Gasteiger partial charge in [0, 0.05) is 25.7 Å². The molecule has 0 spiro atoms. The fourth-order valence-electron chi connectivity index (χ4n) is 6.97. The van der Waals surface area contributed by atoms with Gasteiger partial charge in [0.25, 0.3) is 0 Å². The Balaban J connectivity index is 1.30. The molecule has 0 radical (unpaired) electrons. The molecular weight excluding hydrogens is 537 g/mol. The average molecular weight is 563 g/mol. The van der Waals surface area contributed by atoms with Crippen molar-refractivity contribution < 1.29 is 0 Å². The second kappa shape index (κ2) is 9.66. The highest BCUT2D eigenvalue weighted by molar-refractivity contribution is 7.26. The summed E-state index contributed by atoms with van der Waals surface area (Å²) in [6.07, 6.45) is 0. The Labute approximate surface area is 254 Å². The van der Waals surface area contributed by atoms with Gasteiger partial charge in [0.05, 0.1) is 0 Å². The van der Waals surface area contributed by atoms with Gasteiger partial charge in [0.15, 0.2) is 0 Å². The van der Waals surface area contributed by atoms with Gasteiger partial charge >= 0.3 is 0 Å². The first-order valence-corrected chi connectivity index (χ1v) is 15.6. The summed E-state index contributed by atoms with van der Waals surface area (Å²) in [5.74, 6) is 0. The summed E-state index contributed by atoms with van der Waals surface area (Å²) < 4.78 is 2.69. The summed E-state index contributed by atoms with van der Waals surface area (Å²) in [6, 6.07) is 57.8. The molecule has 0 N–H and O–H groups in total. The van der Waals surface area contributed by atoms with Crippen LogP contribution in [-0.4, -0.2) is 0 Å². The van der Waals surface area contributed by atoms with Crippen molar-refractivity contribution >= 4 is 63.8 Å². The highest BCUT2D eigenvalue weighted by atomic mass is 32.1. The van der Waals surface area contributed by atoms with Crippen molar-refractivity contribution in [2.24, 2.45) is 0 Å². The molecule has 0 atom stereocenters. The van der Waals surface area contributed by atoms with E-state index in [-0.39, 0.29) is 0 Å². The van der Waals surface area contributed by atoms with Gasteiger partial charge < -0.3 is 0 Å². The predicted octanol–water partition coefficient (Wildman–Crippen LogP) is 12.5. The van der Waals surface area contributed by atoms with Gasteiger partial charge in [0.2, 0.25) is 0 Å². The van der Waals surface area contributed by atoms with E-state index in [1.807, 2.05) is 11.3 Å². The lowest BCUT2D eigenvalue weighted by Crippen LogP contribution is -1.91. The summed E-state index contributed by atoms with van der Waals surface area (Å²) in [6.45, 7) is 0. The zero-order chi connectivity index (χ0) is 28.3. The third kappa shape index (κ3) is 3.75. The number of benzene rings is 8. The first-order chi connectivity index (χ1) is 21.3. The molecule has 0 aliphatic heterocycles. The Hall–Kier alpha value is -5.24. The lowest BCUT2D eigenvalue weighted by molar-refractivity contribution is 1.64. The van der Waals surface area contributed by atoms with Crippen LogP contribution >= 0.6 is 11.3 Å². The second-order valence-electron chi connectivity index (χ2n) is 11.2. The molecule has 0 aliphatic carbocycles. The molecule has 0 bridgehead atoms. The Morgan fingerprint density at radius 3 is 1.35 bits per heavy atom. The van der Waals surface area contributed by atoms with Gasteiger partial charge in [-0.3, -0.25) is 0 Å². The molecule has 0 nitrogen and oxygen atoms in total. The molecule has 1 aromatic heterocycles. The lowest BCUT2D eigenvalue weighted by Gasteiger charge is -2.18. The quantitative estimate of drug-likeness (QED) is 0.188. The van der Waals surface area contributed by atoms with Crippen molar-refractivity contribution in [3.63, 3.8) is 0 Å². The van der Waals surface area contributed by atoms with Gasteiger partial charge in [-0.25, -0.2) is 0 Å². The molecule has 0 amide bonds. The zero-order valence-corrected chi connectivity index (χ0v) is 24.2. The van der Waals surface area contributed by atoms with E-state index >= 15 is 0 Å². The maximum atomic E-state index is 2.37. The van der Waals surface area contributed by atoms with Crippen molar-refractivity contribution in [1.82, 2.24) is 0 Å². The monoisotopic (exact) mass is 562 g/mol. The third-order valence-electron chi connectivity index (χ3n) is 8.85. The highest BCUT2D eigenvalue weighted by Crippen LogP contribution is 2.46. The minimum Gasteiger partial charge on any atom is -0.135 e. The fourth-order valence-corrected chi connectivity index (χ4v) is 8.23. The number of hydrogen-bond acceptors (Lipinski definition) is 1. The van der Waals surface area contributed by atoms with Crippen molar-refractivity contribution in [3.05, 3.63) is 158 Å². The van der Waals surface area contributed by atoms with E-state index in [9.17, 15) is 0 Å². The van der Waals surface area contributed by atoms with Crippen LogP contribution in [0.15, 0.2) is 158 Å². The van der Waals surface area contributed by atoms with Crippen LogP contribution in [-0.2, 0) is 0 Å². The maximum Gasteiger partial charge on any atom is 0.0440 e. The summed E-state index contributed by atoms with van der Waals surface area (Å²) in [4.78, 5) is 0. The average Bonchev–Trinajstić information content (AvgIpc) is 3.44. The van der Waals surface area contributed by atoms with Gasteiger partial charge in [0.1, 0.15) is 0 Å². The molecule has 9 aromatic rings. The Morgan fingerprint density at radius 1 is 0.302 bits per heavy atom. The molecular formula is C42H26S. The molecule has 1 heterocycles. The lowest BCUT2D eigenvalue weighted by atomic mass is 9.85. The molecule has 0 unspecified atom stereocenters. The van der Waals surface area contributed by atoms with Gasteiger partial charge in [-0.2, -0.15) is 0 Å². The number of fused-ring (bicyclic) bond motifs is 6. The summed E-state index contributed by atoms with van der Waals surface area (Å²) in [5, 5.41) is 10.4. The van der Waals surface area contributed by atoms with Crippen molar-refractivity contribution in [3.8, 4) is 33.4 Å². The van der Waals surface area contributed by atoms with Crippen LogP contribution in [0.5, 0.6) is 0 Å². The van der Waals surface area contributed by atoms with E-state index in [0.29, 0.717) is 0 Å². The van der Waals surface area contributed by atoms with Crippen LogP contribution in [0.1, 0.15) is 0 Å². The van der Waals surface area contributed by atoms with Crippen molar-refractivity contribution in [2.45, 2.75) is 0 Å². The van der Waals surface area contributed by atoms with Crippen molar-refractivity contribution in [1.29, 1.82) is 0 Å². The minimum absolute atomic E-state index is 1.24. The third-order valence-corrected chi connectivity index (χ3v) is 10.1. The largest absolute Gasteiger partial charge is 0.135 e. The standard InChI is InChI=1S/C42H26S/c1-2-12-27(13-3-1)39-33-17-6-8-19-35(33)40(36-20-9-7-18-34(36)39)28-22-24-29(25-23-28)41-31-15-5-4-14-30(31)26-37-32-16-10-11-21-38(32)43-42(37)41/h1-26H.